The van der Waals surface area contributed by atoms with Gasteiger partial charge in [0.1, 0.15) is 46.0 Å². The standard InChI is InChI=1S/C31H32ClN3O4.C30H30ClN3O4.C29H29ClN2O4.C25H21ClN2O4/c1-3-29(37)34-16-19(17-34)18-35-27-15-26(32)25(24-13-22(36)12-21-6-4-5-7-23(21)24)14-28(27)39-30(31(35)38)20-8-10-33(2)11-9-20;1-2-29(36)33-15-19(16-33)17-34-26-14-25(31)24(23-12-21(35)11-20-7-3-4-8-22(20)23)13-27(26)38-28(30(34)37)18-32-9-5-6-10-32;1-4-28(34)31-14-18(15-31)16-32-25-13-24(30)23(12-26(25)36-27(29(32)35)9-17(2)3)22-11-20(33)10-19-7-5-6-8-21(19)22;1-2-24(30)27-11-15(12-27)13-28-22-10-21(26)20(9-23(22)32-14-25(28)31)19-8-17(29)7-16-5-3-4-6-18(16)19/h3-7,12-15,19-20,30,36H,1,8-11,16-18H2,2H3;2-4,7-8,11-14,19,28,35H,1,5-6,9-10,15-18H2;4-8,10-13,17-18,27,33H,1,9,14-16H2,2-3H3;2-10,15,29H,1,11-14H2. The molecule has 3 atom stereocenters. The molecule has 0 spiro atoms. The van der Waals surface area contributed by atoms with Crippen LogP contribution in [0.2, 0.25) is 20.1 Å². The Balaban J connectivity index is 0.000000122. The van der Waals surface area contributed by atoms with Crippen LogP contribution in [0.4, 0.5) is 22.7 Å². The van der Waals surface area contributed by atoms with Gasteiger partial charge in [0.05, 0.1) is 42.8 Å². The molecule has 10 aliphatic rings. The molecular weight excluding hydrogens is 1920 g/mol. The van der Waals surface area contributed by atoms with Crippen LogP contribution < -0.4 is 38.5 Å². The lowest BCUT2D eigenvalue weighted by Crippen LogP contribution is -2.57. The Morgan fingerprint density at radius 1 is 0.372 bits per heavy atom. The summed E-state index contributed by atoms with van der Waals surface area (Å²) in [5, 5.41) is 50.8. The van der Waals surface area contributed by atoms with Crippen molar-refractivity contribution in [1.82, 2.24) is 29.4 Å². The smallest absolute Gasteiger partial charge is 0.269 e. The van der Waals surface area contributed by atoms with Crippen LogP contribution in [0.15, 0.2) is 245 Å². The Morgan fingerprint density at radius 2 is 0.676 bits per heavy atom. The predicted molar refractivity (Wildman–Crippen MR) is 569 cm³/mol. The summed E-state index contributed by atoms with van der Waals surface area (Å²) >= 11 is 27.2. The third-order valence-electron chi connectivity index (χ3n) is 29.0. The fraction of sp³-hybridized carbons (Fsp3) is 0.304. The molecule has 4 N–H and O–H groups in total. The molecule has 0 radical (unpaired) electrons. The molecule has 8 amide bonds. The van der Waals surface area contributed by atoms with Crippen LogP contribution in [-0.2, 0) is 38.4 Å². The zero-order valence-corrected chi connectivity index (χ0v) is 83.8. The Labute approximate surface area is 860 Å². The highest BCUT2D eigenvalue weighted by Gasteiger charge is 2.47. The van der Waals surface area contributed by atoms with Crippen molar-refractivity contribution < 1.29 is 77.7 Å². The molecule has 145 heavy (non-hydrogen) atoms. The van der Waals surface area contributed by atoms with Gasteiger partial charge in [-0.1, -0.05) is 184 Å². The predicted octanol–water partition coefficient (Wildman–Crippen LogP) is 19.5. The summed E-state index contributed by atoms with van der Waals surface area (Å²) in [4.78, 5) is 120. The molecule has 12 aromatic carbocycles. The highest BCUT2D eigenvalue weighted by molar-refractivity contribution is 6.36. The first-order valence-corrected chi connectivity index (χ1v) is 50.6. The van der Waals surface area contributed by atoms with E-state index in [1.54, 1.807) is 107 Å². The molecule has 0 aliphatic carbocycles. The van der Waals surface area contributed by atoms with Crippen LogP contribution in [0.1, 0.15) is 46.0 Å². The van der Waals surface area contributed by atoms with Crippen molar-refractivity contribution >= 4 is 160 Å². The van der Waals surface area contributed by atoms with Gasteiger partial charge in [0.2, 0.25) is 23.6 Å². The van der Waals surface area contributed by atoms with Crippen molar-refractivity contribution in [2.24, 2.45) is 35.5 Å². The van der Waals surface area contributed by atoms with Crippen molar-refractivity contribution in [3.05, 3.63) is 265 Å². The second kappa shape index (κ2) is 42.3. The lowest BCUT2D eigenvalue weighted by Gasteiger charge is -2.44. The van der Waals surface area contributed by atoms with Crippen LogP contribution in [0.5, 0.6) is 46.0 Å². The van der Waals surface area contributed by atoms with Gasteiger partial charge in [0.25, 0.3) is 23.6 Å². The number of likely N-dealkylation sites (tertiary alicyclic amines) is 6. The van der Waals surface area contributed by atoms with Crippen molar-refractivity contribution in [1.29, 1.82) is 0 Å². The van der Waals surface area contributed by atoms with E-state index < -0.39 is 18.3 Å². The van der Waals surface area contributed by atoms with E-state index in [1.165, 1.54) is 24.3 Å². The Kier molecular flexibility index (Phi) is 29.0. The maximum Gasteiger partial charge on any atom is 0.269 e. The van der Waals surface area contributed by atoms with E-state index in [-0.39, 0.29) is 112 Å². The summed E-state index contributed by atoms with van der Waals surface area (Å²) in [6.07, 6.45) is 8.09. The number of phenols is 4. The van der Waals surface area contributed by atoms with Gasteiger partial charge in [0.15, 0.2) is 24.9 Å². The van der Waals surface area contributed by atoms with Crippen LogP contribution in [0, 0.1) is 35.5 Å². The minimum absolute atomic E-state index is 0.0443. The first-order valence-electron chi connectivity index (χ1n) is 49.1. The molecule has 6 saturated heterocycles. The molecule has 0 aromatic heterocycles. The van der Waals surface area contributed by atoms with Crippen molar-refractivity contribution in [2.45, 2.75) is 64.3 Å². The van der Waals surface area contributed by atoms with E-state index in [2.05, 4.69) is 57.0 Å². The third kappa shape index (κ3) is 20.8. The summed E-state index contributed by atoms with van der Waals surface area (Å²) in [5.74, 6) is 3.31. The number of fused-ring (bicyclic) bond motifs is 8. The summed E-state index contributed by atoms with van der Waals surface area (Å²) in [6, 6.07) is 59.6. The normalized spacial score (nSPS) is 18.6. The van der Waals surface area contributed by atoms with Crippen LogP contribution in [0.25, 0.3) is 87.6 Å². The number of amides is 8. The Bertz CT molecular complexity index is 7200. The number of aromatic hydroxyl groups is 4. The quantitative estimate of drug-likeness (QED) is 0.0486. The van der Waals surface area contributed by atoms with Gasteiger partial charge in [-0.25, -0.2) is 0 Å². The molecular formula is C115H112Cl4N10O16. The highest BCUT2D eigenvalue weighted by atomic mass is 35.5. The number of hydrogen-bond donors (Lipinski definition) is 4. The van der Waals surface area contributed by atoms with E-state index in [1.807, 2.05) is 126 Å². The number of carbonyl (C=O) groups excluding carboxylic acids is 8. The van der Waals surface area contributed by atoms with E-state index in [0.29, 0.717) is 157 Å². The van der Waals surface area contributed by atoms with E-state index in [9.17, 15) is 58.8 Å². The van der Waals surface area contributed by atoms with E-state index in [4.69, 9.17) is 65.4 Å². The lowest BCUT2D eigenvalue weighted by atomic mass is 9.88. The molecule has 30 heteroatoms. The zero-order valence-electron chi connectivity index (χ0n) is 80.7. The molecule has 12 aromatic rings. The molecule has 746 valence electrons. The summed E-state index contributed by atoms with van der Waals surface area (Å²) < 4.78 is 24.9. The molecule has 0 bridgehead atoms. The third-order valence-corrected chi connectivity index (χ3v) is 30.2. The number of carbonyl (C=O) groups is 8. The number of rotatable bonds is 21. The van der Waals surface area contributed by atoms with Gasteiger partial charge in [-0.2, -0.15) is 0 Å². The van der Waals surface area contributed by atoms with Gasteiger partial charge in [-0.05, 0) is 258 Å². The minimum Gasteiger partial charge on any atom is -0.508 e. The summed E-state index contributed by atoms with van der Waals surface area (Å²) in [6.45, 7) is 29.2. The van der Waals surface area contributed by atoms with Gasteiger partial charge >= 0.3 is 0 Å². The maximum absolute atomic E-state index is 13.9. The largest absolute Gasteiger partial charge is 0.508 e. The monoisotopic (exact) mass is 2030 g/mol. The minimum atomic E-state index is -0.624. The first kappa shape index (κ1) is 99.6. The molecule has 26 nitrogen and oxygen atoms in total. The molecule has 10 aliphatic heterocycles. The van der Waals surface area contributed by atoms with Crippen LogP contribution in [-0.4, -0.2) is 240 Å². The average Bonchev–Trinajstić information content (AvgIpc) is 0.780. The van der Waals surface area contributed by atoms with Gasteiger partial charge in [-0.15, -0.1) is 0 Å². The molecule has 6 fully saturated rings. The SMILES string of the molecule is C=CC(=O)N1CC(CN2C(=O)C(C3CCN(C)CC3)Oc3cc(-c4cc(O)cc5ccccc45)c(Cl)cc32)C1.C=CC(=O)N1CC(CN2C(=O)C(CC(C)C)Oc3cc(-c4cc(O)cc5ccccc45)c(Cl)cc32)C1.C=CC(=O)N1CC(CN2C(=O)C(CN3CCCC3)Oc3cc(-c4cc(O)cc5ccccc45)c(Cl)cc32)C1.C=CC(=O)N1CC(CN2C(=O)COc3cc(-c4cc(O)cc5ccccc45)c(Cl)cc32)C1. The number of halogens is 4. The number of phenolic OH excluding ortho intramolecular Hbond substituents is 4. The molecule has 0 saturated carbocycles. The number of anilines is 4. The second-order valence-corrected chi connectivity index (χ2v) is 41.1. The first-order chi connectivity index (χ1) is 69.9. The maximum atomic E-state index is 13.9. The second-order valence-electron chi connectivity index (χ2n) is 39.5. The van der Waals surface area contributed by atoms with Crippen LogP contribution in [0.3, 0.4) is 0 Å². The summed E-state index contributed by atoms with van der Waals surface area (Å²) in [5.41, 5.74) is 8.65. The number of hydrogen-bond acceptors (Lipinski definition) is 18. The molecule has 10 heterocycles. The van der Waals surface area contributed by atoms with Crippen molar-refractivity contribution in [2.75, 3.05) is 145 Å². The topological polar surface area (TPSA) is 287 Å². The van der Waals surface area contributed by atoms with E-state index >= 15 is 0 Å². The van der Waals surface area contributed by atoms with Crippen LogP contribution >= 0.6 is 46.4 Å². The highest BCUT2D eigenvalue weighted by Crippen LogP contribution is 2.52. The zero-order chi connectivity index (χ0) is 102. The fourth-order valence-electron chi connectivity index (χ4n) is 21.4. The van der Waals surface area contributed by atoms with Crippen molar-refractivity contribution in [3.8, 4) is 90.5 Å². The van der Waals surface area contributed by atoms with Gasteiger partial charge in [-0.3, -0.25) is 43.3 Å². The molecule has 22 rings (SSSR count). The number of piperidine rings is 1. The molecule has 3 unspecified atom stereocenters. The Morgan fingerprint density at radius 3 is 1.02 bits per heavy atom. The number of nitrogens with zero attached hydrogens (tertiary/aromatic N) is 10. The van der Waals surface area contributed by atoms with Gasteiger partial charge in [0, 0.05) is 137 Å². The van der Waals surface area contributed by atoms with E-state index in [0.717, 1.165) is 139 Å². The fourth-order valence-corrected chi connectivity index (χ4v) is 22.4. The van der Waals surface area contributed by atoms with Crippen molar-refractivity contribution in [3.63, 3.8) is 0 Å². The number of benzene rings is 12. The average molecular weight is 2030 g/mol. The summed E-state index contributed by atoms with van der Waals surface area (Å²) in [7, 11) is 2.10. The Hall–Kier alpha value is -14.1. The number of ether oxygens (including phenoxy) is 4. The lowest BCUT2D eigenvalue weighted by molar-refractivity contribution is -0.133. The van der Waals surface area contributed by atoms with Gasteiger partial charge < -0.3 is 83.5 Å².